The second-order valence-corrected chi connectivity index (χ2v) is 5.27. The van der Waals surface area contributed by atoms with E-state index in [0.29, 0.717) is 6.61 Å². The third-order valence-electron chi connectivity index (χ3n) is 3.11. The number of rotatable bonds is 5. The van der Waals surface area contributed by atoms with Crippen molar-refractivity contribution in [1.29, 1.82) is 0 Å². The Hall–Kier alpha value is -2.56. The number of carbonyl (C=O) groups is 1. The highest BCUT2D eigenvalue weighted by molar-refractivity contribution is 5.88. The van der Waals surface area contributed by atoms with Gasteiger partial charge in [0, 0.05) is 38.1 Å². The molecule has 1 aromatic heterocycles. The van der Waals surface area contributed by atoms with E-state index in [0.717, 1.165) is 23.6 Å². The number of hydrogen-bond donors (Lipinski definition) is 1. The molecule has 0 aliphatic rings. The molecule has 5 heteroatoms. The minimum absolute atomic E-state index is 0.154. The van der Waals surface area contributed by atoms with Crippen LogP contribution < -0.4 is 10.1 Å². The Morgan fingerprint density at radius 2 is 1.95 bits per heavy atom. The van der Waals surface area contributed by atoms with Gasteiger partial charge in [0.1, 0.15) is 5.75 Å². The molecule has 2 amide bonds. The number of carbonyl (C=O) groups excluding carboxylic acids is 1. The number of benzene rings is 1. The summed E-state index contributed by atoms with van der Waals surface area (Å²) in [7, 11) is 3.40. The first kappa shape index (κ1) is 15.8. The molecule has 22 heavy (non-hydrogen) atoms. The first-order chi connectivity index (χ1) is 10.5. The Balaban J connectivity index is 1.82. The molecule has 0 saturated carbocycles. The molecule has 0 fully saturated rings. The quantitative estimate of drug-likeness (QED) is 0.923. The maximum Gasteiger partial charge on any atom is 0.321 e. The van der Waals surface area contributed by atoms with Gasteiger partial charge in [-0.2, -0.15) is 0 Å². The van der Waals surface area contributed by atoms with E-state index in [4.69, 9.17) is 4.74 Å². The summed E-state index contributed by atoms with van der Waals surface area (Å²) >= 11 is 0. The molecular formula is C17H21N3O2. The summed E-state index contributed by atoms with van der Waals surface area (Å²) in [6.07, 6.45) is 2.58. The average Bonchev–Trinajstić information content (AvgIpc) is 2.49. The van der Waals surface area contributed by atoms with Crippen LogP contribution in [-0.2, 0) is 6.42 Å². The molecule has 1 N–H and O–H groups in total. The number of ether oxygens (including phenoxy) is 1. The van der Waals surface area contributed by atoms with Crippen LogP contribution in [0.1, 0.15) is 11.3 Å². The predicted molar refractivity (Wildman–Crippen MR) is 87.3 cm³/mol. The molecule has 0 radical (unpaired) electrons. The van der Waals surface area contributed by atoms with Crippen LogP contribution in [0.15, 0.2) is 42.6 Å². The average molecular weight is 299 g/mol. The van der Waals surface area contributed by atoms with E-state index in [9.17, 15) is 4.79 Å². The minimum atomic E-state index is -0.154. The summed E-state index contributed by atoms with van der Waals surface area (Å²) in [5, 5.41) is 2.78. The fourth-order valence-electron chi connectivity index (χ4n) is 1.88. The molecule has 5 nitrogen and oxygen atoms in total. The van der Waals surface area contributed by atoms with E-state index >= 15 is 0 Å². The van der Waals surface area contributed by atoms with Crippen molar-refractivity contribution in [3.8, 4) is 5.75 Å². The fraction of sp³-hybridized carbons (Fsp3) is 0.294. The first-order valence-electron chi connectivity index (χ1n) is 7.17. The summed E-state index contributed by atoms with van der Waals surface area (Å²) in [5.74, 6) is 0.774. The Morgan fingerprint density at radius 3 is 2.59 bits per heavy atom. The monoisotopic (exact) mass is 299 g/mol. The highest BCUT2D eigenvalue weighted by Gasteiger charge is 2.04. The lowest BCUT2D eigenvalue weighted by molar-refractivity contribution is 0.230. The van der Waals surface area contributed by atoms with Crippen LogP contribution >= 0.6 is 0 Å². The van der Waals surface area contributed by atoms with E-state index in [1.807, 2.05) is 43.5 Å². The van der Waals surface area contributed by atoms with Crippen LogP contribution in [0.3, 0.4) is 0 Å². The van der Waals surface area contributed by atoms with Crippen molar-refractivity contribution in [1.82, 2.24) is 9.88 Å². The van der Waals surface area contributed by atoms with Gasteiger partial charge in [0.05, 0.1) is 6.61 Å². The number of nitrogens with zero attached hydrogens (tertiary/aromatic N) is 2. The summed E-state index contributed by atoms with van der Waals surface area (Å²) in [6.45, 7) is 2.62. The van der Waals surface area contributed by atoms with E-state index in [1.165, 1.54) is 10.5 Å². The van der Waals surface area contributed by atoms with Gasteiger partial charge in [-0.25, -0.2) is 4.79 Å². The van der Waals surface area contributed by atoms with E-state index in [2.05, 4.69) is 16.4 Å². The number of anilines is 1. The summed E-state index contributed by atoms with van der Waals surface area (Å²) < 4.78 is 5.69. The molecule has 0 aliphatic carbocycles. The third-order valence-corrected chi connectivity index (χ3v) is 3.11. The zero-order valence-corrected chi connectivity index (χ0v) is 13.2. The lowest BCUT2D eigenvalue weighted by atomic mass is 10.2. The van der Waals surface area contributed by atoms with Crippen LogP contribution in [0.4, 0.5) is 10.5 Å². The lowest BCUT2D eigenvalue weighted by Gasteiger charge is -2.12. The zero-order chi connectivity index (χ0) is 15.9. The minimum Gasteiger partial charge on any atom is -0.493 e. The standard InChI is InChI=1S/C17H21N3O2/c1-13-8-10-18-15(12-13)9-11-22-16-6-4-14(5-7-16)19-17(21)20(2)3/h4-8,10,12H,9,11H2,1-3H3,(H,19,21). The van der Waals surface area contributed by atoms with Crippen molar-refractivity contribution in [2.24, 2.45) is 0 Å². The van der Waals surface area contributed by atoms with E-state index in [-0.39, 0.29) is 6.03 Å². The molecule has 1 aromatic carbocycles. The van der Waals surface area contributed by atoms with Gasteiger partial charge in [-0.15, -0.1) is 0 Å². The SMILES string of the molecule is Cc1ccnc(CCOc2ccc(NC(=O)N(C)C)cc2)c1. The smallest absolute Gasteiger partial charge is 0.321 e. The zero-order valence-electron chi connectivity index (χ0n) is 13.2. The van der Waals surface area contributed by atoms with Crippen LogP contribution in [0, 0.1) is 6.92 Å². The normalized spacial score (nSPS) is 10.1. The van der Waals surface area contributed by atoms with Crippen LogP contribution in [0.5, 0.6) is 5.75 Å². The van der Waals surface area contributed by atoms with Gasteiger partial charge in [0.25, 0.3) is 0 Å². The molecule has 0 unspecified atom stereocenters. The Kier molecular flexibility index (Phi) is 5.36. The maximum atomic E-state index is 11.5. The number of pyridine rings is 1. The van der Waals surface area contributed by atoms with Crippen LogP contribution in [0.2, 0.25) is 0 Å². The first-order valence-corrected chi connectivity index (χ1v) is 7.17. The van der Waals surface area contributed by atoms with E-state index < -0.39 is 0 Å². The van der Waals surface area contributed by atoms with Crippen molar-refractivity contribution < 1.29 is 9.53 Å². The molecule has 0 saturated heterocycles. The van der Waals surface area contributed by atoms with Gasteiger partial charge >= 0.3 is 6.03 Å². The second-order valence-electron chi connectivity index (χ2n) is 5.27. The van der Waals surface area contributed by atoms with Crippen LogP contribution in [-0.4, -0.2) is 36.6 Å². The molecular weight excluding hydrogens is 278 g/mol. The van der Waals surface area contributed by atoms with Crippen molar-refractivity contribution in [3.05, 3.63) is 53.9 Å². The topological polar surface area (TPSA) is 54.5 Å². The molecule has 0 aliphatic heterocycles. The molecule has 1 heterocycles. The lowest BCUT2D eigenvalue weighted by Crippen LogP contribution is -2.27. The van der Waals surface area contributed by atoms with Gasteiger partial charge in [0.15, 0.2) is 0 Å². The molecule has 0 atom stereocenters. The summed E-state index contributed by atoms with van der Waals surface area (Å²) in [4.78, 5) is 17.3. The summed E-state index contributed by atoms with van der Waals surface area (Å²) in [6, 6.07) is 11.2. The number of urea groups is 1. The number of hydrogen-bond acceptors (Lipinski definition) is 3. The number of aromatic nitrogens is 1. The van der Waals surface area contributed by atoms with Crippen molar-refractivity contribution in [2.45, 2.75) is 13.3 Å². The molecule has 0 spiro atoms. The highest BCUT2D eigenvalue weighted by atomic mass is 16.5. The van der Waals surface area contributed by atoms with Gasteiger partial charge in [0.2, 0.25) is 0 Å². The second kappa shape index (κ2) is 7.45. The molecule has 0 bridgehead atoms. The predicted octanol–water partition coefficient (Wildman–Crippen LogP) is 3.11. The van der Waals surface area contributed by atoms with Gasteiger partial charge in [-0.05, 0) is 48.9 Å². The van der Waals surface area contributed by atoms with Crippen molar-refractivity contribution >= 4 is 11.7 Å². The van der Waals surface area contributed by atoms with Crippen molar-refractivity contribution in [2.75, 3.05) is 26.0 Å². The Labute approximate surface area is 130 Å². The third kappa shape index (κ3) is 4.77. The highest BCUT2D eigenvalue weighted by Crippen LogP contribution is 2.16. The van der Waals surface area contributed by atoms with Gasteiger partial charge in [-0.1, -0.05) is 0 Å². The van der Waals surface area contributed by atoms with Gasteiger partial charge < -0.3 is 15.0 Å². The number of nitrogens with one attached hydrogen (secondary N) is 1. The number of aryl methyl sites for hydroxylation is 1. The van der Waals surface area contributed by atoms with Gasteiger partial charge in [-0.3, -0.25) is 4.98 Å². The molecule has 2 rings (SSSR count). The van der Waals surface area contributed by atoms with Crippen molar-refractivity contribution in [3.63, 3.8) is 0 Å². The fourth-order valence-corrected chi connectivity index (χ4v) is 1.88. The largest absolute Gasteiger partial charge is 0.493 e. The van der Waals surface area contributed by atoms with Crippen LogP contribution in [0.25, 0.3) is 0 Å². The molecule has 2 aromatic rings. The number of amides is 2. The Morgan fingerprint density at radius 1 is 1.23 bits per heavy atom. The maximum absolute atomic E-state index is 11.5. The molecule has 116 valence electrons. The Bertz CT molecular complexity index is 624. The summed E-state index contributed by atoms with van der Waals surface area (Å²) in [5.41, 5.74) is 2.97. The van der Waals surface area contributed by atoms with E-state index in [1.54, 1.807) is 14.1 Å².